The first-order valence-electron chi connectivity index (χ1n) is 6.13. The molecular formula is C13H18AlClO. The Kier molecular flexibility index (Phi) is 4.73. The second-order valence-electron chi connectivity index (χ2n) is 4.68. The lowest BCUT2D eigenvalue weighted by Gasteiger charge is -2.21. The van der Waals surface area contributed by atoms with Crippen molar-refractivity contribution in [1.29, 1.82) is 0 Å². The lowest BCUT2D eigenvalue weighted by molar-refractivity contribution is 0.285. The van der Waals surface area contributed by atoms with Crippen LogP contribution in [0.25, 0.3) is 0 Å². The molecule has 1 aromatic rings. The monoisotopic (exact) mass is 252 g/mol. The molecule has 1 heterocycles. The molecule has 1 aromatic carbocycles. The second kappa shape index (κ2) is 6.08. The highest BCUT2D eigenvalue weighted by atomic mass is 35.5. The summed E-state index contributed by atoms with van der Waals surface area (Å²) in [7, 11) is 0. The average Bonchev–Trinajstić information content (AvgIpc) is 2.31. The van der Waals surface area contributed by atoms with E-state index < -0.39 is 14.5 Å². The Morgan fingerprint density at radius 2 is 2.06 bits per heavy atom. The van der Waals surface area contributed by atoms with Gasteiger partial charge in [-0.05, 0) is 30.0 Å². The molecule has 0 amide bonds. The summed E-state index contributed by atoms with van der Waals surface area (Å²) in [5, 5.41) is 3.45. The van der Waals surface area contributed by atoms with Crippen molar-refractivity contribution in [2.24, 2.45) is 0 Å². The van der Waals surface area contributed by atoms with Crippen LogP contribution in [0.5, 0.6) is 0 Å². The minimum atomic E-state index is -0.899. The maximum Gasteiger partial charge on any atom is 0.461 e. The molecule has 1 aliphatic heterocycles. The largest absolute Gasteiger partial charge is 0.501 e. The molecule has 0 aliphatic carbocycles. The molecule has 0 aromatic heterocycles. The Labute approximate surface area is 107 Å². The first kappa shape index (κ1) is 12.5. The molecule has 1 fully saturated rings. The van der Waals surface area contributed by atoms with Crippen LogP contribution in [0.4, 0.5) is 0 Å². The van der Waals surface area contributed by atoms with Crippen LogP contribution in [0.3, 0.4) is 0 Å². The normalized spacial score (nSPS) is 18.5. The van der Waals surface area contributed by atoms with Crippen LogP contribution < -0.4 is 0 Å². The third-order valence-electron chi connectivity index (χ3n) is 3.33. The van der Waals surface area contributed by atoms with Crippen molar-refractivity contribution in [2.75, 3.05) is 6.61 Å². The summed E-state index contributed by atoms with van der Waals surface area (Å²) in [5.74, 6) is 0.618. The molecule has 1 saturated heterocycles. The summed E-state index contributed by atoms with van der Waals surface area (Å²) in [5.41, 5.74) is 1.39. The molecule has 16 heavy (non-hydrogen) atoms. The molecule has 0 saturated carbocycles. The molecule has 0 radical (unpaired) electrons. The van der Waals surface area contributed by atoms with Crippen molar-refractivity contribution >= 4 is 26.1 Å². The molecular weight excluding hydrogens is 235 g/mol. The third kappa shape index (κ3) is 3.50. The molecule has 0 bridgehead atoms. The van der Waals surface area contributed by atoms with E-state index in [1.165, 1.54) is 29.0 Å². The zero-order chi connectivity index (χ0) is 11.4. The third-order valence-corrected chi connectivity index (χ3v) is 6.57. The molecule has 1 aliphatic rings. The number of benzene rings is 1. The standard InChI is InChI=1S/C9H10Cl.C4H8O.Al/c1-7(2)8-3-5-9(10)6-4-8;1-2-3-4-5;/h3-7H,1H2,2H3;1-4H2;/q;-1;+1. The predicted octanol–water partition coefficient (Wildman–Crippen LogP) is 4.25. The summed E-state index contributed by atoms with van der Waals surface area (Å²) in [6.45, 7) is 3.30. The van der Waals surface area contributed by atoms with Gasteiger partial charge in [0.1, 0.15) is 0 Å². The van der Waals surface area contributed by atoms with Gasteiger partial charge >= 0.3 is 14.5 Å². The zero-order valence-corrected chi connectivity index (χ0v) is 11.7. The van der Waals surface area contributed by atoms with Gasteiger partial charge in [-0.25, -0.2) is 0 Å². The first-order chi connectivity index (χ1) is 7.75. The Bertz CT molecular complexity index is 319. The maximum absolute atomic E-state index is 5.91. The second-order valence-corrected chi connectivity index (χ2v) is 7.74. The van der Waals surface area contributed by atoms with Crippen molar-refractivity contribution in [3.05, 3.63) is 34.9 Å². The zero-order valence-electron chi connectivity index (χ0n) is 9.79. The maximum atomic E-state index is 5.91. The van der Waals surface area contributed by atoms with E-state index >= 15 is 0 Å². The van der Waals surface area contributed by atoms with Gasteiger partial charge in [0.15, 0.2) is 0 Å². The lowest BCUT2D eigenvalue weighted by Crippen LogP contribution is -2.24. The van der Waals surface area contributed by atoms with Crippen molar-refractivity contribution in [3.63, 3.8) is 0 Å². The van der Waals surface area contributed by atoms with Crippen LogP contribution >= 0.6 is 11.6 Å². The highest BCUT2D eigenvalue weighted by molar-refractivity contribution is 6.52. The number of hydrogen-bond acceptors (Lipinski definition) is 1. The summed E-state index contributed by atoms with van der Waals surface area (Å²) >= 11 is 4.99. The van der Waals surface area contributed by atoms with Crippen LogP contribution in [-0.4, -0.2) is 21.1 Å². The summed E-state index contributed by atoms with van der Waals surface area (Å²) in [6, 6.07) is 8.25. The van der Waals surface area contributed by atoms with Crippen molar-refractivity contribution in [1.82, 2.24) is 0 Å². The van der Waals surface area contributed by atoms with E-state index in [-0.39, 0.29) is 0 Å². The summed E-state index contributed by atoms with van der Waals surface area (Å²) in [6.07, 6.45) is 2.64. The van der Waals surface area contributed by atoms with Gasteiger partial charge in [-0.1, -0.05) is 47.6 Å². The van der Waals surface area contributed by atoms with Crippen molar-refractivity contribution < 1.29 is 3.79 Å². The number of rotatable bonds is 3. The van der Waals surface area contributed by atoms with Gasteiger partial charge in [-0.3, -0.25) is 0 Å². The molecule has 0 spiro atoms. The van der Waals surface area contributed by atoms with E-state index in [9.17, 15) is 0 Å². The molecule has 0 N–H and O–H groups in total. The van der Waals surface area contributed by atoms with Crippen LogP contribution in [0, 0.1) is 0 Å². The molecule has 86 valence electrons. The quantitative estimate of drug-likeness (QED) is 0.731. The minimum absolute atomic E-state index is 0.618. The van der Waals surface area contributed by atoms with Crippen molar-refractivity contribution in [3.8, 4) is 0 Å². The van der Waals surface area contributed by atoms with Gasteiger partial charge in [-0.15, -0.1) is 0 Å². The van der Waals surface area contributed by atoms with Crippen LogP contribution in [0.15, 0.2) is 24.3 Å². The van der Waals surface area contributed by atoms with Crippen LogP contribution in [0.2, 0.25) is 15.6 Å². The van der Waals surface area contributed by atoms with Gasteiger partial charge in [0.25, 0.3) is 0 Å². The topological polar surface area (TPSA) is 9.23 Å². The van der Waals surface area contributed by atoms with Gasteiger partial charge in [0.05, 0.1) is 0 Å². The Hall–Kier alpha value is 0.00247. The van der Waals surface area contributed by atoms with E-state index in [1.807, 2.05) is 12.1 Å². The molecule has 1 nitrogen and oxygen atoms in total. The summed E-state index contributed by atoms with van der Waals surface area (Å²) in [4.78, 5) is 0. The molecule has 2 rings (SSSR count). The Morgan fingerprint density at radius 1 is 1.31 bits per heavy atom. The number of halogens is 1. The minimum Gasteiger partial charge on any atom is -0.501 e. The predicted molar refractivity (Wildman–Crippen MR) is 70.4 cm³/mol. The van der Waals surface area contributed by atoms with Crippen molar-refractivity contribution in [2.45, 2.75) is 36.2 Å². The highest BCUT2D eigenvalue weighted by Gasteiger charge is 2.26. The average molecular weight is 253 g/mol. The Balaban J connectivity index is 1.91. The fraction of sp³-hybridized carbons (Fsp3) is 0.538. The Morgan fingerprint density at radius 3 is 2.69 bits per heavy atom. The lowest BCUT2D eigenvalue weighted by atomic mass is 10.0. The van der Waals surface area contributed by atoms with Crippen LogP contribution in [-0.2, 0) is 3.79 Å². The van der Waals surface area contributed by atoms with Gasteiger partial charge in [-0.2, -0.15) is 0 Å². The summed E-state index contributed by atoms with van der Waals surface area (Å²) < 4.78 is 5.91. The highest BCUT2D eigenvalue weighted by Crippen LogP contribution is 2.26. The molecule has 1 unspecified atom stereocenters. The van der Waals surface area contributed by atoms with E-state index in [0.717, 1.165) is 11.6 Å². The van der Waals surface area contributed by atoms with Gasteiger partial charge < -0.3 is 3.79 Å². The molecule has 1 atom stereocenters. The smallest absolute Gasteiger partial charge is 0.461 e. The van der Waals surface area contributed by atoms with E-state index in [4.69, 9.17) is 15.4 Å². The van der Waals surface area contributed by atoms with E-state index in [2.05, 4.69) is 19.1 Å². The fourth-order valence-electron chi connectivity index (χ4n) is 2.32. The first-order valence-corrected chi connectivity index (χ1v) is 8.61. The SMILES string of the molecule is CC([CH2][Al]1[CH2]CCC[O]1)c1ccc(Cl)cc1. The van der Waals surface area contributed by atoms with Gasteiger partial charge in [0.2, 0.25) is 0 Å². The fourth-order valence-corrected chi connectivity index (χ4v) is 5.28. The van der Waals surface area contributed by atoms with E-state index in [1.54, 1.807) is 0 Å². The van der Waals surface area contributed by atoms with Crippen LogP contribution in [0.1, 0.15) is 31.2 Å². The van der Waals surface area contributed by atoms with E-state index in [0.29, 0.717) is 5.92 Å². The molecule has 3 heteroatoms. The number of hydrogen-bond donors (Lipinski definition) is 0. The van der Waals surface area contributed by atoms with Gasteiger partial charge in [0, 0.05) is 11.6 Å².